The number of hydrogen-bond acceptors (Lipinski definition) is 3. The van der Waals surface area contributed by atoms with E-state index in [2.05, 4.69) is 17.1 Å². The van der Waals surface area contributed by atoms with Crippen LogP contribution < -0.4 is 5.32 Å². The van der Waals surface area contributed by atoms with E-state index in [0.717, 1.165) is 38.8 Å². The average Bonchev–Trinajstić information content (AvgIpc) is 2.28. The summed E-state index contributed by atoms with van der Waals surface area (Å²) in [5.41, 5.74) is -0.678. The minimum atomic E-state index is -0.678. The van der Waals surface area contributed by atoms with Crippen molar-refractivity contribution in [3.8, 4) is 0 Å². The van der Waals surface area contributed by atoms with Crippen LogP contribution in [0.25, 0.3) is 0 Å². The van der Waals surface area contributed by atoms with Crippen molar-refractivity contribution in [3.05, 3.63) is 0 Å². The lowest BCUT2D eigenvalue weighted by atomic mass is 9.71. The molecule has 0 bridgehead atoms. The Kier molecular flexibility index (Phi) is 5.40. The third kappa shape index (κ3) is 3.42. The van der Waals surface area contributed by atoms with Gasteiger partial charge in [0.2, 0.25) is 0 Å². The van der Waals surface area contributed by atoms with Crippen molar-refractivity contribution in [3.63, 3.8) is 0 Å². The second kappa shape index (κ2) is 6.36. The lowest BCUT2D eigenvalue weighted by molar-refractivity contribution is -0.149. The highest BCUT2D eigenvalue weighted by molar-refractivity contribution is 5.79. The maximum atomic E-state index is 11.6. The first-order chi connectivity index (χ1) is 8.03. The van der Waals surface area contributed by atoms with E-state index in [1.54, 1.807) is 0 Å². The van der Waals surface area contributed by atoms with Crippen LogP contribution in [-0.4, -0.2) is 48.7 Å². The summed E-state index contributed by atoms with van der Waals surface area (Å²) in [5.74, 6) is -0.390. The number of carboxylic acids is 1. The molecule has 0 aromatic rings. The number of carbonyl (C=O) groups is 1. The average molecular weight is 242 g/mol. The Hall–Kier alpha value is -0.610. The van der Waals surface area contributed by atoms with Gasteiger partial charge in [-0.25, -0.2) is 0 Å². The van der Waals surface area contributed by atoms with E-state index in [0.29, 0.717) is 0 Å². The molecular formula is C13H26N2O2. The largest absolute Gasteiger partial charge is 0.480 e. The van der Waals surface area contributed by atoms with Crippen LogP contribution in [0.1, 0.15) is 39.0 Å². The lowest BCUT2D eigenvalue weighted by Gasteiger charge is -2.41. The monoisotopic (exact) mass is 242 g/mol. The van der Waals surface area contributed by atoms with Crippen LogP contribution >= 0.6 is 0 Å². The molecule has 0 aromatic heterocycles. The molecule has 0 aromatic carbocycles. The predicted octanol–water partition coefficient (Wildman–Crippen LogP) is 1.56. The molecule has 1 aliphatic rings. The van der Waals surface area contributed by atoms with Crippen molar-refractivity contribution in [2.24, 2.45) is 5.92 Å². The maximum Gasteiger partial charge on any atom is 0.324 e. The Morgan fingerprint density at radius 1 is 1.47 bits per heavy atom. The smallest absolute Gasteiger partial charge is 0.324 e. The van der Waals surface area contributed by atoms with Crippen LogP contribution in [-0.2, 0) is 4.79 Å². The van der Waals surface area contributed by atoms with Gasteiger partial charge in [-0.15, -0.1) is 0 Å². The summed E-state index contributed by atoms with van der Waals surface area (Å²) in [6, 6.07) is 0. The SMILES string of the molecule is CCC1CCCCC1(NCCN(C)C)C(=O)O. The van der Waals surface area contributed by atoms with Crippen LogP contribution in [0.5, 0.6) is 0 Å². The molecule has 4 nitrogen and oxygen atoms in total. The minimum absolute atomic E-state index is 0.274. The van der Waals surface area contributed by atoms with Crippen molar-refractivity contribution < 1.29 is 9.90 Å². The predicted molar refractivity (Wildman–Crippen MR) is 69.2 cm³/mol. The Morgan fingerprint density at radius 2 is 2.18 bits per heavy atom. The van der Waals surface area contributed by atoms with E-state index in [-0.39, 0.29) is 5.92 Å². The summed E-state index contributed by atoms with van der Waals surface area (Å²) >= 11 is 0. The highest BCUT2D eigenvalue weighted by atomic mass is 16.4. The van der Waals surface area contributed by atoms with E-state index < -0.39 is 11.5 Å². The van der Waals surface area contributed by atoms with Crippen LogP contribution in [0.4, 0.5) is 0 Å². The zero-order chi connectivity index (χ0) is 12.9. The molecule has 4 heteroatoms. The van der Waals surface area contributed by atoms with Gasteiger partial charge in [0, 0.05) is 13.1 Å². The van der Waals surface area contributed by atoms with Gasteiger partial charge in [0.05, 0.1) is 0 Å². The van der Waals surface area contributed by atoms with Gasteiger partial charge in [-0.2, -0.15) is 0 Å². The maximum absolute atomic E-state index is 11.6. The number of likely N-dealkylation sites (N-methyl/N-ethyl adjacent to an activating group) is 1. The molecule has 1 aliphatic carbocycles. The highest BCUT2D eigenvalue weighted by Crippen LogP contribution is 2.36. The van der Waals surface area contributed by atoms with Crippen molar-refractivity contribution in [2.45, 2.75) is 44.6 Å². The number of nitrogens with one attached hydrogen (secondary N) is 1. The minimum Gasteiger partial charge on any atom is -0.480 e. The summed E-state index contributed by atoms with van der Waals surface area (Å²) < 4.78 is 0. The van der Waals surface area contributed by atoms with Crippen molar-refractivity contribution in [1.29, 1.82) is 0 Å². The number of carboxylic acid groups (broad SMARTS) is 1. The van der Waals surface area contributed by atoms with Gasteiger partial charge < -0.3 is 15.3 Å². The molecule has 1 rings (SSSR count). The van der Waals surface area contributed by atoms with Crippen LogP contribution in [0.2, 0.25) is 0 Å². The van der Waals surface area contributed by atoms with Crippen LogP contribution in [0, 0.1) is 5.92 Å². The first-order valence-electron chi connectivity index (χ1n) is 6.66. The van der Waals surface area contributed by atoms with E-state index in [1.165, 1.54) is 6.42 Å². The first kappa shape index (κ1) is 14.5. The molecule has 2 N–H and O–H groups in total. The summed E-state index contributed by atoms with van der Waals surface area (Å²) in [7, 11) is 4.01. The van der Waals surface area contributed by atoms with Crippen LogP contribution in [0.3, 0.4) is 0 Å². The Bertz CT molecular complexity index is 256. The third-order valence-electron chi connectivity index (χ3n) is 3.94. The summed E-state index contributed by atoms with van der Waals surface area (Å²) in [5, 5.41) is 12.9. The molecule has 17 heavy (non-hydrogen) atoms. The second-order valence-corrected chi connectivity index (χ2v) is 5.36. The van der Waals surface area contributed by atoms with E-state index >= 15 is 0 Å². The van der Waals surface area contributed by atoms with Gasteiger partial charge in [0.15, 0.2) is 0 Å². The van der Waals surface area contributed by atoms with Gasteiger partial charge in [-0.1, -0.05) is 26.2 Å². The Morgan fingerprint density at radius 3 is 2.71 bits per heavy atom. The van der Waals surface area contributed by atoms with Crippen LogP contribution in [0.15, 0.2) is 0 Å². The fourth-order valence-electron chi connectivity index (χ4n) is 2.89. The van der Waals surface area contributed by atoms with E-state index in [1.807, 2.05) is 14.1 Å². The van der Waals surface area contributed by atoms with Crippen molar-refractivity contribution in [1.82, 2.24) is 10.2 Å². The van der Waals surface area contributed by atoms with Gasteiger partial charge in [0.25, 0.3) is 0 Å². The normalized spacial score (nSPS) is 29.5. The molecule has 100 valence electrons. The molecule has 0 radical (unpaired) electrons. The van der Waals surface area contributed by atoms with E-state index in [4.69, 9.17) is 0 Å². The van der Waals surface area contributed by atoms with Gasteiger partial charge in [-0.05, 0) is 32.9 Å². The Balaban J connectivity index is 2.69. The van der Waals surface area contributed by atoms with Gasteiger partial charge in [-0.3, -0.25) is 4.79 Å². The molecule has 0 heterocycles. The molecule has 2 unspecified atom stereocenters. The molecule has 1 saturated carbocycles. The summed E-state index contributed by atoms with van der Waals surface area (Å²) in [6.07, 6.45) is 4.95. The number of hydrogen-bond donors (Lipinski definition) is 2. The Labute approximate surface area is 104 Å². The molecule has 0 spiro atoms. The standard InChI is InChI=1S/C13H26N2O2/c1-4-11-7-5-6-8-13(11,12(16)17)14-9-10-15(2)3/h11,14H,4-10H2,1-3H3,(H,16,17). The molecule has 0 saturated heterocycles. The summed E-state index contributed by atoms with van der Waals surface area (Å²) in [6.45, 7) is 3.72. The lowest BCUT2D eigenvalue weighted by Crippen LogP contribution is -2.59. The summed E-state index contributed by atoms with van der Waals surface area (Å²) in [4.78, 5) is 13.7. The van der Waals surface area contributed by atoms with Crippen molar-refractivity contribution in [2.75, 3.05) is 27.2 Å². The zero-order valence-electron chi connectivity index (χ0n) is 11.3. The second-order valence-electron chi connectivity index (χ2n) is 5.36. The van der Waals surface area contributed by atoms with Crippen molar-refractivity contribution >= 4 is 5.97 Å². The third-order valence-corrected chi connectivity index (χ3v) is 3.94. The number of rotatable bonds is 6. The molecule has 0 amide bonds. The fraction of sp³-hybridized carbons (Fsp3) is 0.923. The fourth-order valence-corrected chi connectivity index (χ4v) is 2.89. The zero-order valence-corrected chi connectivity index (χ0v) is 11.3. The molecule has 0 aliphatic heterocycles. The number of nitrogens with zero attached hydrogens (tertiary/aromatic N) is 1. The van der Waals surface area contributed by atoms with Gasteiger partial charge in [0.1, 0.15) is 5.54 Å². The van der Waals surface area contributed by atoms with E-state index in [9.17, 15) is 9.90 Å². The highest BCUT2D eigenvalue weighted by Gasteiger charge is 2.45. The first-order valence-corrected chi connectivity index (χ1v) is 6.66. The molecular weight excluding hydrogens is 216 g/mol. The quantitative estimate of drug-likeness (QED) is 0.742. The molecule has 2 atom stereocenters. The molecule has 1 fully saturated rings. The van der Waals surface area contributed by atoms with Gasteiger partial charge >= 0.3 is 5.97 Å². The topological polar surface area (TPSA) is 52.6 Å². The number of aliphatic carboxylic acids is 1.